The van der Waals surface area contributed by atoms with Crippen molar-refractivity contribution in [3.05, 3.63) is 54.1 Å². The molecule has 1 amide bonds. The highest BCUT2D eigenvalue weighted by Crippen LogP contribution is 2.15. The SMILES string of the molecule is CCc1ccccc1NC(=O)COC(=O)c1cnccn1. The van der Waals surface area contributed by atoms with Crippen LogP contribution in [0.3, 0.4) is 0 Å². The van der Waals surface area contributed by atoms with Crippen LogP contribution in [0.2, 0.25) is 0 Å². The molecule has 0 fully saturated rings. The van der Waals surface area contributed by atoms with Gasteiger partial charge in [-0.25, -0.2) is 9.78 Å². The van der Waals surface area contributed by atoms with Crippen molar-refractivity contribution in [1.29, 1.82) is 0 Å². The van der Waals surface area contributed by atoms with Gasteiger partial charge in [-0.1, -0.05) is 25.1 Å². The Hall–Kier alpha value is -2.76. The van der Waals surface area contributed by atoms with Gasteiger partial charge in [-0.2, -0.15) is 0 Å². The molecule has 0 aliphatic heterocycles. The number of hydrogen-bond acceptors (Lipinski definition) is 5. The van der Waals surface area contributed by atoms with Crippen molar-refractivity contribution in [2.75, 3.05) is 11.9 Å². The second kappa shape index (κ2) is 7.14. The Morgan fingerprint density at radius 1 is 1.24 bits per heavy atom. The van der Waals surface area contributed by atoms with Crippen molar-refractivity contribution in [3.8, 4) is 0 Å². The molecule has 0 atom stereocenters. The van der Waals surface area contributed by atoms with Crippen molar-refractivity contribution < 1.29 is 14.3 Å². The van der Waals surface area contributed by atoms with Crippen LogP contribution in [0.4, 0.5) is 5.69 Å². The third kappa shape index (κ3) is 4.10. The molecule has 0 aliphatic rings. The minimum atomic E-state index is -0.679. The van der Waals surface area contributed by atoms with E-state index in [1.54, 1.807) is 6.07 Å². The average Bonchev–Trinajstić information content (AvgIpc) is 2.54. The number of hydrogen-bond donors (Lipinski definition) is 1. The third-order valence-electron chi connectivity index (χ3n) is 2.78. The average molecular weight is 285 g/mol. The number of carbonyl (C=O) groups excluding carboxylic acids is 2. The predicted molar refractivity (Wildman–Crippen MR) is 76.8 cm³/mol. The molecule has 1 N–H and O–H groups in total. The molecule has 2 rings (SSSR count). The van der Waals surface area contributed by atoms with Gasteiger partial charge in [0.05, 0.1) is 6.20 Å². The van der Waals surface area contributed by atoms with Crippen LogP contribution >= 0.6 is 0 Å². The van der Waals surface area contributed by atoms with E-state index in [9.17, 15) is 9.59 Å². The standard InChI is InChI=1S/C15H15N3O3/c1-2-11-5-3-4-6-12(11)18-14(19)10-21-15(20)13-9-16-7-8-17-13/h3-9H,2,10H2,1H3,(H,18,19). The summed E-state index contributed by atoms with van der Waals surface area (Å²) in [7, 11) is 0. The van der Waals surface area contributed by atoms with Crippen LogP contribution < -0.4 is 5.32 Å². The second-order valence-corrected chi connectivity index (χ2v) is 4.23. The number of esters is 1. The number of ether oxygens (including phenoxy) is 1. The number of para-hydroxylation sites is 1. The van der Waals surface area contributed by atoms with Crippen molar-refractivity contribution in [2.45, 2.75) is 13.3 Å². The number of aryl methyl sites for hydroxylation is 1. The van der Waals surface area contributed by atoms with Crippen molar-refractivity contribution >= 4 is 17.6 Å². The summed E-state index contributed by atoms with van der Waals surface area (Å²) in [6.07, 6.45) is 4.92. The van der Waals surface area contributed by atoms with E-state index in [4.69, 9.17) is 4.74 Å². The van der Waals surface area contributed by atoms with Crippen LogP contribution in [0, 0.1) is 0 Å². The number of carbonyl (C=O) groups is 2. The monoisotopic (exact) mass is 285 g/mol. The first-order valence-corrected chi connectivity index (χ1v) is 6.51. The van der Waals surface area contributed by atoms with E-state index in [1.165, 1.54) is 18.6 Å². The summed E-state index contributed by atoms with van der Waals surface area (Å²) in [6.45, 7) is 1.63. The number of benzene rings is 1. The summed E-state index contributed by atoms with van der Waals surface area (Å²) in [5, 5.41) is 2.72. The first-order valence-electron chi connectivity index (χ1n) is 6.51. The zero-order chi connectivity index (χ0) is 15.1. The van der Waals surface area contributed by atoms with Crippen molar-refractivity contribution in [2.24, 2.45) is 0 Å². The Bertz CT molecular complexity index is 629. The number of aromatic nitrogens is 2. The van der Waals surface area contributed by atoms with Gasteiger partial charge in [0, 0.05) is 18.1 Å². The minimum Gasteiger partial charge on any atom is -0.451 e. The Balaban J connectivity index is 1.89. The normalized spacial score (nSPS) is 9.95. The fourth-order valence-corrected chi connectivity index (χ4v) is 1.75. The molecular weight excluding hydrogens is 270 g/mol. The summed E-state index contributed by atoms with van der Waals surface area (Å²) in [6, 6.07) is 7.48. The van der Waals surface area contributed by atoms with Gasteiger partial charge in [-0.05, 0) is 18.1 Å². The number of nitrogens with zero attached hydrogens (tertiary/aromatic N) is 2. The second-order valence-electron chi connectivity index (χ2n) is 4.23. The van der Waals surface area contributed by atoms with Gasteiger partial charge in [0.25, 0.3) is 5.91 Å². The molecule has 0 radical (unpaired) electrons. The fraction of sp³-hybridized carbons (Fsp3) is 0.200. The lowest BCUT2D eigenvalue weighted by Gasteiger charge is -2.09. The zero-order valence-corrected chi connectivity index (χ0v) is 11.6. The molecule has 6 nitrogen and oxygen atoms in total. The lowest BCUT2D eigenvalue weighted by atomic mass is 10.1. The summed E-state index contributed by atoms with van der Waals surface area (Å²) >= 11 is 0. The molecule has 108 valence electrons. The molecule has 2 aromatic rings. The van der Waals surface area contributed by atoms with E-state index < -0.39 is 11.9 Å². The smallest absolute Gasteiger partial charge is 0.359 e. The van der Waals surface area contributed by atoms with Gasteiger partial charge >= 0.3 is 5.97 Å². The van der Waals surface area contributed by atoms with E-state index in [0.717, 1.165) is 17.7 Å². The number of nitrogens with one attached hydrogen (secondary N) is 1. The van der Waals surface area contributed by atoms with Crippen LogP contribution in [0.5, 0.6) is 0 Å². The molecule has 1 aromatic heterocycles. The van der Waals surface area contributed by atoms with E-state index in [0.29, 0.717) is 0 Å². The molecule has 0 aliphatic carbocycles. The Morgan fingerprint density at radius 2 is 2.05 bits per heavy atom. The molecular formula is C15H15N3O3. The van der Waals surface area contributed by atoms with Crippen LogP contribution in [0.1, 0.15) is 23.0 Å². The Labute approximate surface area is 122 Å². The quantitative estimate of drug-likeness (QED) is 0.848. The predicted octanol–water partition coefficient (Wildman–Crippen LogP) is 1.83. The van der Waals surface area contributed by atoms with Gasteiger partial charge in [-0.15, -0.1) is 0 Å². The van der Waals surface area contributed by atoms with Crippen LogP contribution in [0.25, 0.3) is 0 Å². The maximum atomic E-state index is 11.8. The number of rotatable bonds is 5. The number of amides is 1. The first kappa shape index (κ1) is 14.6. The lowest BCUT2D eigenvalue weighted by molar-refractivity contribution is -0.119. The van der Waals surface area contributed by atoms with Gasteiger partial charge in [0.2, 0.25) is 0 Å². The van der Waals surface area contributed by atoms with Gasteiger partial charge in [0.15, 0.2) is 12.3 Å². The van der Waals surface area contributed by atoms with E-state index >= 15 is 0 Å². The Kier molecular flexibility index (Phi) is 4.98. The molecule has 1 heterocycles. The highest BCUT2D eigenvalue weighted by atomic mass is 16.5. The Morgan fingerprint density at radius 3 is 2.76 bits per heavy atom. The first-order chi connectivity index (χ1) is 10.2. The van der Waals surface area contributed by atoms with E-state index in [1.807, 2.05) is 25.1 Å². The molecule has 21 heavy (non-hydrogen) atoms. The topological polar surface area (TPSA) is 81.2 Å². The maximum absolute atomic E-state index is 11.8. The molecule has 0 bridgehead atoms. The highest BCUT2D eigenvalue weighted by Gasteiger charge is 2.12. The van der Waals surface area contributed by atoms with Gasteiger partial charge in [-0.3, -0.25) is 9.78 Å². The van der Waals surface area contributed by atoms with Gasteiger partial charge < -0.3 is 10.1 Å². The summed E-state index contributed by atoms with van der Waals surface area (Å²) < 4.78 is 4.88. The summed E-state index contributed by atoms with van der Waals surface area (Å²) in [4.78, 5) is 31.0. The molecule has 6 heteroatoms. The van der Waals surface area contributed by atoms with E-state index in [2.05, 4.69) is 15.3 Å². The molecule has 0 saturated heterocycles. The maximum Gasteiger partial charge on any atom is 0.359 e. The minimum absolute atomic E-state index is 0.0688. The summed E-state index contributed by atoms with van der Waals surface area (Å²) in [5.41, 5.74) is 1.81. The summed E-state index contributed by atoms with van der Waals surface area (Å²) in [5.74, 6) is -1.07. The lowest BCUT2D eigenvalue weighted by Crippen LogP contribution is -2.22. The van der Waals surface area contributed by atoms with Crippen molar-refractivity contribution in [1.82, 2.24) is 9.97 Å². The van der Waals surface area contributed by atoms with E-state index in [-0.39, 0.29) is 12.3 Å². The van der Waals surface area contributed by atoms with Gasteiger partial charge in [0.1, 0.15) is 0 Å². The van der Waals surface area contributed by atoms with Crippen molar-refractivity contribution in [3.63, 3.8) is 0 Å². The molecule has 0 saturated carbocycles. The molecule has 1 aromatic carbocycles. The van der Waals surface area contributed by atoms with Crippen LogP contribution in [-0.2, 0) is 16.0 Å². The third-order valence-corrected chi connectivity index (χ3v) is 2.78. The molecule has 0 unspecified atom stereocenters. The zero-order valence-electron chi connectivity index (χ0n) is 11.6. The largest absolute Gasteiger partial charge is 0.451 e. The van der Waals surface area contributed by atoms with Crippen LogP contribution in [-0.4, -0.2) is 28.5 Å². The molecule has 0 spiro atoms. The number of anilines is 1. The van der Waals surface area contributed by atoms with Crippen LogP contribution in [0.15, 0.2) is 42.9 Å². The highest BCUT2D eigenvalue weighted by molar-refractivity contribution is 5.95. The fourth-order valence-electron chi connectivity index (χ4n) is 1.75.